The van der Waals surface area contributed by atoms with Gasteiger partial charge in [-0.05, 0) is 44.9 Å². The third kappa shape index (κ3) is 5.61. The average Bonchev–Trinajstić information content (AvgIpc) is 3.14. The quantitative estimate of drug-likeness (QED) is 0.540. The highest BCUT2D eigenvalue weighted by Gasteiger charge is 2.22. The minimum absolute atomic E-state index is 0.109. The molecule has 31 heavy (non-hydrogen) atoms. The van der Waals surface area contributed by atoms with Gasteiger partial charge in [0.25, 0.3) is 5.91 Å². The number of nitrogens with zero attached hydrogens (tertiary/aromatic N) is 2. The van der Waals surface area contributed by atoms with Crippen molar-refractivity contribution in [1.29, 1.82) is 0 Å². The molecule has 0 unspecified atom stereocenters. The molecule has 1 amide bonds. The molecule has 1 atom stereocenters. The summed E-state index contributed by atoms with van der Waals surface area (Å²) in [5.41, 5.74) is 2.98. The first-order valence-corrected chi connectivity index (χ1v) is 11.3. The normalized spacial score (nSPS) is 12.0. The Balaban J connectivity index is 1.92. The van der Waals surface area contributed by atoms with E-state index in [0.717, 1.165) is 22.0 Å². The summed E-state index contributed by atoms with van der Waals surface area (Å²) in [6, 6.07) is 8.86. The molecule has 0 aliphatic rings. The molecule has 164 valence electrons. The van der Waals surface area contributed by atoms with Crippen LogP contribution in [0.25, 0.3) is 0 Å². The van der Waals surface area contributed by atoms with Crippen LogP contribution in [-0.4, -0.2) is 22.6 Å². The van der Waals surface area contributed by atoms with Crippen molar-refractivity contribution in [3.05, 3.63) is 84.2 Å². The maximum Gasteiger partial charge on any atom is 0.257 e. The minimum atomic E-state index is -0.424. The van der Waals surface area contributed by atoms with Crippen LogP contribution in [0.5, 0.6) is 0 Å². The highest BCUT2D eigenvalue weighted by molar-refractivity contribution is 7.09. The maximum atomic E-state index is 13.1. The molecule has 0 bridgehead atoms. The Kier molecular flexibility index (Phi) is 7.64. The van der Waals surface area contributed by atoms with Crippen LogP contribution < -0.4 is 10.7 Å². The number of hydrogen-bond donors (Lipinski definition) is 1. The van der Waals surface area contributed by atoms with E-state index in [2.05, 4.69) is 10.3 Å². The molecule has 0 radical (unpaired) electrons. The molecule has 1 N–H and O–H groups in total. The SMILES string of the molecule is COCc1c(C(=O)N[C@@H](C)c2csc(C)n2)c(=O)cc(C)n1CCc1cccc(Cl)c1. The van der Waals surface area contributed by atoms with Gasteiger partial charge in [0.1, 0.15) is 5.56 Å². The zero-order valence-electron chi connectivity index (χ0n) is 18.1. The number of carbonyl (C=O) groups is 1. The number of aromatic nitrogens is 2. The zero-order valence-corrected chi connectivity index (χ0v) is 19.6. The summed E-state index contributed by atoms with van der Waals surface area (Å²) in [5, 5.41) is 6.43. The lowest BCUT2D eigenvalue weighted by Gasteiger charge is -2.20. The molecular formula is C23H26ClN3O3S. The lowest BCUT2D eigenvalue weighted by atomic mass is 10.1. The second-order valence-electron chi connectivity index (χ2n) is 7.42. The van der Waals surface area contributed by atoms with Crippen molar-refractivity contribution in [1.82, 2.24) is 14.9 Å². The number of hydrogen-bond acceptors (Lipinski definition) is 5. The van der Waals surface area contributed by atoms with Gasteiger partial charge in [0.05, 0.1) is 29.0 Å². The number of ether oxygens (including phenoxy) is 1. The molecule has 3 aromatic rings. The summed E-state index contributed by atoms with van der Waals surface area (Å²) in [6.07, 6.45) is 0.705. The largest absolute Gasteiger partial charge is 0.378 e. The predicted octanol–water partition coefficient (Wildman–Crippen LogP) is 4.46. The van der Waals surface area contributed by atoms with Crippen LogP contribution in [0.2, 0.25) is 5.02 Å². The molecule has 2 aromatic heterocycles. The first-order chi connectivity index (χ1) is 14.8. The third-order valence-electron chi connectivity index (χ3n) is 5.08. The molecule has 1 aromatic carbocycles. The van der Waals surface area contributed by atoms with Crippen LogP contribution in [-0.2, 0) is 24.3 Å². The summed E-state index contributed by atoms with van der Waals surface area (Å²) in [7, 11) is 1.55. The third-order valence-corrected chi connectivity index (χ3v) is 6.10. The molecule has 0 saturated heterocycles. The highest BCUT2D eigenvalue weighted by atomic mass is 35.5. The Bertz CT molecular complexity index is 1140. The van der Waals surface area contributed by atoms with Crippen LogP contribution in [0.15, 0.2) is 40.5 Å². The van der Waals surface area contributed by atoms with E-state index in [1.54, 1.807) is 7.11 Å². The number of rotatable bonds is 8. The molecule has 0 spiro atoms. The zero-order chi connectivity index (χ0) is 22.5. The molecule has 6 nitrogen and oxygen atoms in total. The van der Waals surface area contributed by atoms with Gasteiger partial charge in [0.15, 0.2) is 5.43 Å². The Labute approximate surface area is 190 Å². The number of halogens is 1. The van der Waals surface area contributed by atoms with Crippen molar-refractivity contribution in [3.63, 3.8) is 0 Å². The molecular weight excluding hydrogens is 434 g/mol. The number of aryl methyl sites for hydroxylation is 3. The first-order valence-electron chi connectivity index (χ1n) is 9.99. The molecule has 8 heteroatoms. The number of methoxy groups -OCH3 is 1. The highest BCUT2D eigenvalue weighted by Crippen LogP contribution is 2.18. The number of amides is 1. The standard InChI is InChI=1S/C23H26ClN3O3S/c1-14-10-21(28)22(23(29)25-15(2)19-13-31-16(3)26-19)20(12-30-4)27(14)9-8-17-6-5-7-18(24)11-17/h5-7,10-11,13,15H,8-9,12H2,1-4H3,(H,25,29)/t15-/m0/s1. The number of benzene rings is 1. The number of thiazole rings is 1. The first kappa shape index (κ1) is 23.2. The monoisotopic (exact) mass is 459 g/mol. The van der Waals surface area contributed by atoms with Crippen molar-refractivity contribution in [2.45, 2.75) is 46.4 Å². The van der Waals surface area contributed by atoms with Crippen LogP contribution in [0, 0.1) is 13.8 Å². The van der Waals surface area contributed by atoms with E-state index < -0.39 is 5.91 Å². The van der Waals surface area contributed by atoms with E-state index in [0.29, 0.717) is 23.7 Å². The van der Waals surface area contributed by atoms with Crippen molar-refractivity contribution in [2.24, 2.45) is 0 Å². The van der Waals surface area contributed by atoms with Gasteiger partial charge in [-0.2, -0.15) is 0 Å². The van der Waals surface area contributed by atoms with Gasteiger partial charge in [-0.1, -0.05) is 23.7 Å². The predicted molar refractivity (Wildman–Crippen MR) is 124 cm³/mol. The lowest BCUT2D eigenvalue weighted by molar-refractivity contribution is 0.0930. The summed E-state index contributed by atoms with van der Waals surface area (Å²) < 4.78 is 7.33. The van der Waals surface area contributed by atoms with Crippen LogP contribution in [0.4, 0.5) is 0 Å². The molecule has 3 rings (SSSR count). The maximum absolute atomic E-state index is 13.1. The number of pyridine rings is 1. The second-order valence-corrected chi connectivity index (χ2v) is 8.92. The molecule has 0 saturated carbocycles. The average molecular weight is 460 g/mol. The van der Waals surface area contributed by atoms with Gasteiger partial charge in [-0.15, -0.1) is 11.3 Å². The molecule has 0 aliphatic heterocycles. The van der Waals surface area contributed by atoms with E-state index in [1.807, 2.05) is 55.0 Å². The summed E-state index contributed by atoms with van der Waals surface area (Å²) >= 11 is 7.62. The molecule has 0 fully saturated rings. The number of carbonyl (C=O) groups excluding carboxylic acids is 1. The Hall–Kier alpha value is -2.48. The smallest absolute Gasteiger partial charge is 0.257 e. The van der Waals surface area contributed by atoms with E-state index >= 15 is 0 Å². The van der Waals surface area contributed by atoms with E-state index in [-0.39, 0.29) is 23.6 Å². The fourth-order valence-corrected chi connectivity index (χ4v) is 4.45. The second kappa shape index (κ2) is 10.2. The van der Waals surface area contributed by atoms with Gasteiger partial charge >= 0.3 is 0 Å². The van der Waals surface area contributed by atoms with Crippen LogP contribution in [0.3, 0.4) is 0 Å². The van der Waals surface area contributed by atoms with E-state index in [9.17, 15) is 9.59 Å². The fraction of sp³-hybridized carbons (Fsp3) is 0.348. The fourth-order valence-electron chi connectivity index (χ4n) is 3.53. The van der Waals surface area contributed by atoms with Gasteiger partial charge in [0.2, 0.25) is 0 Å². The van der Waals surface area contributed by atoms with E-state index in [1.165, 1.54) is 17.4 Å². The summed E-state index contributed by atoms with van der Waals surface area (Å²) in [4.78, 5) is 30.3. The van der Waals surface area contributed by atoms with E-state index in [4.69, 9.17) is 16.3 Å². The van der Waals surface area contributed by atoms with Gasteiger partial charge in [-0.3, -0.25) is 9.59 Å². The van der Waals surface area contributed by atoms with Gasteiger partial charge in [-0.25, -0.2) is 4.98 Å². The molecule has 2 heterocycles. The Morgan fingerprint density at radius 3 is 2.74 bits per heavy atom. The summed E-state index contributed by atoms with van der Waals surface area (Å²) in [6.45, 7) is 6.37. The number of nitrogens with one attached hydrogen (secondary N) is 1. The van der Waals surface area contributed by atoms with Crippen LogP contribution in [0.1, 0.15) is 51.0 Å². The van der Waals surface area contributed by atoms with Crippen molar-refractivity contribution in [3.8, 4) is 0 Å². The minimum Gasteiger partial charge on any atom is -0.378 e. The van der Waals surface area contributed by atoms with Crippen molar-refractivity contribution >= 4 is 28.8 Å². The Morgan fingerprint density at radius 2 is 2.10 bits per heavy atom. The van der Waals surface area contributed by atoms with Crippen molar-refractivity contribution in [2.75, 3.05) is 7.11 Å². The van der Waals surface area contributed by atoms with Gasteiger partial charge in [0, 0.05) is 35.8 Å². The van der Waals surface area contributed by atoms with Crippen LogP contribution >= 0.6 is 22.9 Å². The van der Waals surface area contributed by atoms with Crippen molar-refractivity contribution < 1.29 is 9.53 Å². The van der Waals surface area contributed by atoms with Gasteiger partial charge < -0.3 is 14.6 Å². The molecule has 0 aliphatic carbocycles. The summed E-state index contributed by atoms with van der Waals surface area (Å²) in [5.74, 6) is -0.424. The lowest BCUT2D eigenvalue weighted by Crippen LogP contribution is -2.34. The topological polar surface area (TPSA) is 73.2 Å². The Morgan fingerprint density at radius 1 is 1.32 bits per heavy atom.